The van der Waals surface area contributed by atoms with Gasteiger partial charge in [0.15, 0.2) is 6.61 Å². The van der Waals surface area contributed by atoms with Crippen molar-refractivity contribution in [3.8, 4) is 5.75 Å². The lowest BCUT2D eigenvalue weighted by molar-refractivity contribution is -0.123. The minimum Gasteiger partial charge on any atom is -0.484 e. The quantitative estimate of drug-likeness (QED) is 0.525. The van der Waals surface area contributed by atoms with Crippen LogP contribution in [-0.2, 0) is 19.6 Å². The summed E-state index contributed by atoms with van der Waals surface area (Å²) in [6, 6.07) is 5.92. The molecule has 1 aromatic carbocycles. The molecule has 1 fully saturated rings. The molecule has 2 N–H and O–H groups in total. The number of nitrogens with one attached hydrogen (secondary N) is 2. The molecule has 0 radical (unpaired) electrons. The summed E-state index contributed by atoms with van der Waals surface area (Å²) in [4.78, 5) is 14.4. The fourth-order valence-corrected chi connectivity index (χ4v) is 4.01. The third kappa shape index (κ3) is 7.75. The number of carbonyl (C=O) groups excluding carboxylic acids is 1. The van der Waals surface area contributed by atoms with Crippen molar-refractivity contribution in [3.63, 3.8) is 0 Å². The Bertz CT molecular complexity index is 703. The second kappa shape index (κ2) is 11.4. The molecule has 1 heterocycles. The molecule has 9 heteroatoms. The summed E-state index contributed by atoms with van der Waals surface area (Å²) < 4.78 is 37.8. The van der Waals surface area contributed by atoms with E-state index < -0.39 is 10.0 Å². The van der Waals surface area contributed by atoms with Gasteiger partial charge in [-0.3, -0.25) is 9.69 Å². The molecular formula is C19H31N3O5S. The van der Waals surface area contributed by atoms with Crippen LogP contribution in [-0.4, -0.2) is 71.3 Å². The first kappa shape index (κ1) is 22.6. The number of benzene rings is 1. The van der Waals surface area contributed by atoms with Crippen molar-refractivity contribution in [1.29, 1.82) is 0 Å². The van der Waals surface area contributed by atoms with Crippen LogP contribution >= 0.6 is 0 Å². The van der Waals surface area contributed by atoms with Gasteiger partial charge in [-0.25, -0.2) is 13.1 Å². The number of ether oxygens (including phenoxy) is 2. The molecule has 0 bridgehead atoms. The molecule has 0 saturated carbocycles. The number of sulfonamides is 1. The zero-order valence-electron chi connectivity index (χ0n) is 16.6. The van der Waals surface area contributed by atoms with E-state index in [1.807, 2.05) is 13.8 Å². The van der Waals surface area contributed by atoms with E-state index in [1.54, 1.807) is 12.1 Å². The van der Waals surface area contributed by atoms with Crippen molar-refractivity contribution >= 4 is 15.9 Å². The molecule has 28 heavy (non-hydrogen) atoms. The van der Waals surface area contributed by atoms with Crippen molar-refractivity contribution in [2.75, 3.05) is 46.0 Å². The highest BCUT2D eigenvalue weighted by Crippen LogP contribution is 2.16. The number of morpholine rings is 1. The molecule has 1 amide bonds. The lowest BCUT2D eigenvalue weighted by Crippen LogP contribution is -2.38. The van der Waals surface area contributed by atoms with Gasteiger partial charge in [0.1, 0.15) is 5.75 Å². The number of hydrogen-bond donors (Lipinski definition) is 2. The van der Waals surface area contributed by atoms with Gasteiger partial charge in [0.25, 0.3) is 5.91 Å². The predicted octanol–water partition coefficient (Wildman–Crippen LogP) is 0.981. The Balaban J connectivity index is 1.68. The fourth-order valence-electron chi connectivity index (χ4n) is 2.69. The summed E-state index contributed by atoms with van der Waals surface area (Å²) in [5, 5.41) is 2.83. The summed E-state index contributed by atoms with van der Waals surface area (Å²) in [5.41, 5.74) is 0. The maximum absolute atomic E-state index is 12.2. The summed E-state index contributed by atoms with van der Waals surface area (Å²) >= 11 is 0. The zero-order valence-corrected chi connectivity index (χ0v) is 17.5. The van der Waals surface area contributed by atoms with E-state index in [4.69, 9.17) is 9.47 Å². The first-order valence-corrected chi connectivity index (χ1v) is 11.2. The molecule has 0 aliphatic carbocycles. The van der Waals surface area contributed by atoms with Crippen LogP contribution in [0.5, 0.6) is 5.75 Å². The number of rotatable bonds is 11. The number of nitrogens with zero attached hydrogens (tertiary/aromatic N) is 1. The van der Waals surface area contributed by atoms with Crippen molar-refractivity contribution in [3.05, 3.63) is 24.3 Å². The van der Waals surface area contributed by atoms with Crippen LogP contribution in [0.3, 0.4) is 0 Å². The Morgan fingerprint density at radius 1 is 1.25 bits per heavy atom. The van der Waals surface area contributed by atoms with Gasteiger partial charge in [-0.05, 0) is 50.6 Å². The van der Waals surface area contributed by atoms with Crippen LogP contribution in [0.15, 0.2) is 29.2 Å². The summed E-state index contributed by atoms with van der Waals surface area (Å²) in [5.74, 6) is 0.253. The average Bonchev–Trinajstić information content (AvgIpc) is 2.70. The molecule has 0 aromatic heterocycles. The van der Waals surface area contributed by atoms with Gasteiger partial charge < -0.3 is 14.8 Å². The van der Waals surface area contributed by atoms with Crippen molar-refractivity contribution in [2.45, 2.75) is 37.6 Å². The normalized spacial score (nSPS) is 16.5. The largest absolute Gasteiger partial charge is 0.484 e. The number of hydrogen-bond acceptors (Lipinski definition) is 6. The predicted molar refractivity (Wildman–Crippen MR) is 107 cm³/mol. The first-order valence-electron chi connectivity index (χ1n) is 9.72. The van der Waals surface area contributed by atoms with Gasteiger partial charge in [0.2, 0.25) is 10.0 Å². The van der Waals surface area contributed by atoms with Gasteiger partial charge in [0.05, 0.1) is 18.1 Å². The van der Waals surface area contributed by atoms with E-state index in [1.165, 1.54) is 12.1 Å². The van der Waals surface area contributed by atoms with Crippen molar-refractivity contribution < 1.29 is 22.7 Å². The fraction of sp³-hybridized carbons (Fsp3) is 0.632. The summed E-state index contributed by atoms with van der Waals surface area (Å²) in [6.45, 7) is 8.58. The van der Waals surface area contributed by atoms with Crippen molar-refractivity contribution in [1.82, 2.24) is 14.9 Å². The van der Waals surface area contributed by atoms with Gasteiger partial charge in [0, 0.05) is 25.7 Å². The van der Waals surface area contributed by atoms with Crippen LogP contribution in [0.4, 0.5) is 0 Å². The zero-order chi connectivity index (χ0) is 20.4. The van der Waals surface area contributed by atoms with E-state index in [0.717, 1.165) is 39.3 Å². The number of carbonyl (C=O) groups is 1. The Hall–Kier alpha value is -1.68. The monoisotopic (exact) mass is 413 g/mol. The summed E-state index contributed by atoms with van der Waals surface area (Å²) in [6.07, 6.45) is 1.59. The van der Waals surface area contributed by atoms with E-state index in [9.17, 15) is 13.2 Å². The maximum atomic E-state index is 12.2. The van der Waals surface area contributed by atoms with Crippen LogP contribution < -0.4 is 14.8 Å². The molecule has 0 unspecified atom stereocenters. The van der Waals surface area contributed by atoms with Crippen LogP contribution in [0.2, 0.25) is 0 Å². The topological polar surface area (TPSA) is 97.0 Å². The van der Waals surface area contributed by atoms with Gasteiger partial charge in [-0.2, -0.15) is 0 Å². The smallest absolute Gasteiger partial charge is 0.257 e. The van der Waals surface area contributed by atoms with E-state index in [-0.39, 0.29) is 23.5 Å². The van der Waals surface area contributed by atoms with Crippen LogP contribution in [0, 0.1) is 0 Å². The molecule has 1 aliphatic heterocycles. The van der Waals surface area contributed by atoms with Gasteiger partial charge >= 0.3 is 0 Å². The van der Waals surface area contributed by atoms with E-state index >= 15 is 0 Å². The van der Waals surface area contributed by atoms with Crippen molar-refractivity contribution in [2.24, 2.45) is 0 Å². The molecule has 1 aromatic rings. The highest BCUT2D eigenvalue weighted by Gasteiger charge is 2.16. The lowest BCUT2D eigenvalue weighted by atomic mass is 10.3. The van der Waals surface area contributed by atoms with Crippen LogP contribution in [0.25, 0.3) is 0 Å². The second-order valence-corrected chi connectivity index (χ2v) is 8.56. The third-order valence-corrected chi connectivity index (χ3v) is 6.16. The molecule has 0 spiro atoms. The molecular weight excluding hydrogens is 382 g/mol. The van der Waals surface area contributed by atoms with Gasteiger partial charge in [-0.15, -0.1) is 0 Å². The highest BCUT2D eigenvalue weighted by molar-refractivity contribution is 7.89. The molecule has 2 rings (SSSR count). The lowest BCUT2D eigenvalue weighted by Gasteiger charge is -2.26. The van der Waals surface area contributed by atoms with Crippen LogP contribution in [0.1, 0.15) is 26.7 Å². The van der Waals surface area contributed by atoms with E-state index in [2.05, 4.69) is 14.9 Å². The standard InChI is InChI=1S/C19H31N3O5S/c1-3-16(2)21-28(24,25)18-7-5-17(6-8-18)27-15-19(23)20-9-4-10-22-11-13-26-14-12-22/h5-8,16,21H,3-4,9-15H2,1-2H3,(H,20,23)/t16-/m0/s1. The summed E-state index contributed by atoms with van der Waals surface area (Å²) in [7, 11) is -3.54. The SMILES string of the molecule is CC[C@H](C)NS(=O)(=O)c1ccc(OCC(=O)NCCCN2CCOCC2)cc1. The molecule has 158 valence electrons. The maximum Gasteiger partial charge on any atom is 0.257 e. The number of amides is 1. The van der Waals surface area contributed by atoms with Gasteiger partial charge in [-0.1, -0.05) is 6.92 Å². The minimum absolute atomic E-state index is 0.102. The Labute approximate surface area is 167 Å². The molecule has 1 saturated heterocycles. The molecule has 1 atom stereocenters. The van der Waals surface area contributed by atoms with E-state index in [0.29, 0.717) is 18.7 Å². The first-order chi connectivity index (χ1) is 13.4. The minimum atomic E-state index is -3.54. The third-order valence-electron chi connectivity index (χ3n) is 4.55. The Morgan fingerprint density at radius 3 is 2.57 bits per heavy atom. The highest BCUT2D eigenvalue weighted by atomic mass is 32.2. The second-order valence-electron chi connectivity index (χ2n) is 6.85. The Morgan fingerprint density at radius 2 is 1.93 bits per heavy atom. The average molecular weight is 414 g/mol. The Kier molecular flexibility index (Phi) is 9.17. The molecule has 8 nitrogen and oxygen atoms in total. The molecule has 1 aliphatic rings.